The number of benzene rings is 2. The van der Waals surface area contributed by atoms with Crippen LogP contribution in [0.5, 0.6) is 0 Å². The number of amides is 1. The number of thiazole rings is 1. The number of nitro benzene ring substituents is 1. The molecule has 1 amide bonds. The van der Waals surface area contributed by atoms with Gasteiger partial charge >= 0.3 is 11.9 Å². The Morgan fingerprint density at radius 2 is 2.03 bits per heavy atom. The van der Waals surface area contributed by atoms with Gasteiger partial charge in [-0.05, 0) is 35.4 Å². The Bertz CT molecular complexity index is 1720. The number of hydrogen-bond donors (Lipinski definition) is 0. The molecule has 2 aromatic heterocycles. The van der Waals surface area contributed by atoms with E-state index in [1.54, 1.807) is 11.6 Å². The van der Waals surface area contributed by atoms with Crippen LogP contribution in [0.25, 0.3) is 15.2 Å². The maximum absolute atomic E-state index is 13.6. The number of imidazole rings is 1. The number of aromatic nitrogens is 2. The summed E-state index contributed by atoms with van der Waals surface area (Å²) in [6.45, 7) is 1.16. The van der Waals surface area contributed by atoms with Gasteiger partial charge in [-0.3, -0.25) is 29.0 Å². The molecule has 1 fully saturated rings. The molecule has 6 rings (SSSR count). The topological polar surface area (TPSA) is 133 Å². The monoisotopic (exact) mass is 628 g/mol. The molecule has 39 heavy (non-hydrogen) atoms. The molecule has 2 aromatic carbocycles. The molecule has 3 unspecified atom stereocenters. The van der Waals surface area contributed by atoms with Crippen LogP contribution < -0.4 is 0 Å². The minimum atomic E-state index is -1.31. The largest absolute Gasteiger partial charge is 0.456 e. The van der Waals surface area contributed by atoms with Crippen molar-refractivity contribution in [3.63, 3.8) is 0 Å². The van der Waals surface area contributed by atoms with E-state index >= 15 is 0 Å². The predicted molar refractivity (Wildman–Crippen MR) is 146 cm³/mol. The van der Waals surface area contributed by atoms with E-state index < -0.39 is 38.6 Å². The van der Waals surface area contributed by atoms with Crippen molar-refractivity contribution in [3.8, 4) is 0 Å². The summed E-state index contributed by atoms with van der Waals surface area (Å²) in [5, 5.41) is 11.8. The average molecular weight is 629 g/mol. The van der Waals surface area contributed by atoms with Gasteiger partial charge in [-0.15, -0.1) is 11.8 Å². The summed E-state index contributed by atoms with van der Waals surface area (Å²) in [6, 6.07) is 11.2. The number of thioether (sulfide) groups is 1. The number of nitro groups is 1. The number of fused-ring (bicyclic) bond motifs is 4. The van der Waals surface area contributed by atoms with Crippen molar-refractivity contribution in [2.45, 2.75) is 29.3 Å². The highest BCUT2D eigenvalue weighted by Crippen LogP contribution is 2.58. The van der Waals surface area contributed by atoms with Crippen LogP contribution in [0.1, 0.15) is 24.2 Å². The number of esters is 2. The number of alkyl halides is 1. The summed E-state index contributed by atoms with van der Waals surface area (Å²) in [4.78, 5) is 55.3. The third kappa shape index (κ3) is 4.10. The zero-order valence-electron chi connectivity index (χ0n) is 20.0. The first-order valence-corrected chi connectivity index (χ1v) is 14.0. The van der Waals surface area contributed by atoms with Gasteiger partial charge in [-0.25, -0.2) is 9.78 Å². The van der Waals surface area contributed by atoms with Crippen molar-refractivity contribution in [2.75, 3.05) is 0 Å². The average Bonchev–Trinajstić information content (AvgIpc) is 3.63. The van der Waals surface area contributed by atoms with Gasteiger partial charge in [0.1, 0.15) is 17.7 Å². The maximum Gasteiger partial charge on any atom is 0.355 e. The molecule has 0 bridgehead atoms. The number of carbonyl (C=O) groups excluding carboxylic acids is 3. The maximum atomic E-state index is 13.6. The van der Waals surface area contributed by atoms with E-state index in [9.17, 15) is 24.5 Å². The van der Waals surface area contributed by atoms with E-state index in [1.165, 1.54) is 59.2 Å². The van der Waals surface area contributed by atoms with Crippen LogP contribution in [0.2, 0.25) is 0 Å². The molecule has 0 aliphatic carbocycles. The van der Waals surface area contributed by atoms with E-state index in [4.69, 9.17) is 9.47 Å². The summed E-state index contributed by atoms with van der Waals surface area (Å²) in [5.41, 5.74) is 2.13. The molecule has 2 aliphatic rings. The zero-order valence-corrected chi connectivity index (χ0v) is 23.2. The van der Waals surface area contributed by atoms with E-state index in [0.717, 1.165) is 15.2 Å². The Morgan fingerprint density at radius 1 is 1.26 bits per heavy atom. The predicted octanol–water partition coefficient (Wildman–Crippen LogP) is 4.70. The Labute approximate surface area is 236 Å². The van der Waals surface area contributed by atoms with Crippen molar-refractivity contribution in [3.05, 3.63) is 87.2 Å². The van der Waals surface area contributed by atoms with Gasteiger partial charge in [-0.1, -0.05) is 33.3 Å². The fourth-order valence-electron chi connectivity index (χ4n) is 4.61. The summed E-state index contributed by atoms with van der Waals surface area (Å²) < 4.78 is 12.6. The van der Waals surface area contributed by atoms with E-state index in [1.807, 2.05) is 28.8 Å². The zero-order chi connectivity index (χ0) is 27.5. The third-order valence-corrected chi connectivity index (χ3v) is 10.2. The molecule has 4 aromatic rings. The van der Waals surface area contributed by atoms with Crippen LogP contribution in [-0.2, 0) is 30.5 Å². The van der Waals surface area contributed by atoms with Crippen LogP contribution in [-0.4, -0.2) is 46.8 Å². The van der Waals surface area contributed by atoms with Crippen LogP contribution in [0.3, 0.4) is 0 Å². The number of β-lactam (4-membered cyclic amide) rings is 1. The molecule has 198 valence electrons. The van der Waals surface area contributed by atoms with Crippen LogP contribution >= 0.6 is 39.0 Å². The SMILES string of the molecule is CC(=O)OC(c1ccc2c(c1)sc1nccn12)C1(Br)C(=O)N2C(C(=O)OCc3ccc([N+](=O)[O-])cc3)=CSC21. The van der Waals surface area contributed by atoms with Gasteiger partial charge in [0.25, 0.3) is 11.6 Å². The van der Waals surface area contributed by atoms with Gasteiger partial charge in [0, 0.05) is 36.9 Å². The lowest BCUT2D eigenvalue weighted by molar-refractivity contribution is -0.384. The highest BCUT2D eigenvalue weighted by atomic mass is 79.9. The number of non-ortho nitro benzene ring substituents is 1. The van der Waals surface area contributed by atoms with E-state index in [0.29, 0.717) is 11.1 Å². The Kier molecular flexibility index (Phi) is 6.19. The number of nitrogens with zero attached hydrogens (tertiary/aromatic N) is 4. The molecule has 0 saturated carbocycles. The molecule has 2 aliphatic heterocycles. The standard InChI is InChI=1S/C25H17BrN4O7S2/c1-13(31)37-20(15-4-7-17-19(10-15)39-24-27-8-9-28(17)24)25(26)22(33)29-18(12-38-23(25)29)21(32)36-11-14-2-5-16(6-3-14)30(34)35/h2-10,12,20,23H,11H2,1H3. The number of hydrogen-bond acceptors (Lipinski definition) is 10. The molecular formula is C25H17BrN4O7S2. The Balaban J connectivity index is 1.21. The minimum absolute atomic E-state index is 0.0714. The lowest BCUT2D eigenvalue weighted by Crippen LogP contribution is -2.70. The smallest absolute Gasteiger partial charge is 0.355 e. The van der Waals surface area contributed by atoms with Gasteiger partial charge < -0.3 is 9.47 Å². The van der Waals surface area contributed by atoms with Crippen molar-refractivity contribution in [1.82, 2.24) is 14.3 Å². The second-order valence-corrected chi connectivity index (χ2v) is 12.1. The quantitative estimate of drug-likeness (QED) is 0.0938. The first kappa shape index (κ1) is 25.5. The van der Waals surface area contributed by atoms with Crippen LogP contribution in [0, 0.1) is 10.1 Å². The third-order valence-electron chi connectivity index (χ3n) is 6.45. The molecule has 14 heteroatoms. The number of rotatable bonds is 7. The highest BCUT2D eigenvalue weighted by Gasteiger charge is 2.69. The van der Waals surface area contributed by atoms with Gasteiger partial charge in [0.15, 0.2) is 15.4 Å². The van der Waals surface area contributed by atoms with Crippen molar-refractivity contribution in [1.29, 1.82) is 0 Å². The summed E-state index contributed by atoms with van der Waals surface area (Å²) in [5.74, 6) is -1.70. The van der Waals surface area contributed by atoms with Crippen molar-refractivity contribution in [2.24, 2.45) is 0 Å². The summed E-state index contributed by atoms with van der Waals surface area (Å²) >= 11 is 6.31. The molecular weight excluding hydrogens is 612 g/mol. The molecule has 4 heterocycles. The molecule has 0 N–H and O–H groups in total. The molecule has 1 saturated heterocycles. The van der Waals surface area contributed by atoms with Crippen molar-refractivity contribution < 1.29 is 28.8 Å². The van der Waals surface area contributed by atoms with E-state index in [2.05, 4.69) is 20.9 Å². The van der Waals surface area contributed by atoms with E-state index in [-0.39, 0.29) is 18.0 Å². The lowest BCUT2D eigenvalue weighted by atomic mass is 9.86. The first-order valence-electron chi connectivity index (χ1n) is 11.5. The number of carbonyl (C=O) groups is 3. The second-order valence-electron chi connectivity index (χ2n) is 8.83. The van der Waals surface area contributed by atoms with Gasteiger partial charge in [-0.2, -0.15) is 0 Å². The fourth-order valence-corrected chi connectivity index (χ4v) is 7.94. The molecule has 11 nitrogen and oxygen atoms in total. The van der Waals surface area contributed by atoms with Gasteiger partial charge in [0.05, 0.1) is 15.1 Å². The van der Waals surface area contributed by atoms with Crippen LogP contribution in [0.15, 0.2) is 66.0 Å². The lowest BCUT2D eigenvalue weighted by Gasteiger charge is -2.51. The van der Waals surface area contributed by atoms with Crippen molar-refractivity contribution >= 4 is 77.7 Å². The number of halogens is 1. The minimum Gasteiger partial charge on any atom is -0.456 e. The van der Waals surface area contributed by atoms with Crippen LogP contribution in [0.4, 0.5) is 5.69 Å². The Morgan fingerprint density at radius 3 is 2.74 bits per heavy atom. The summed E-state index contributed by atoms with van der Waals surface area (Å²) in [6.07, 6.45) is 2.62. The first-order chi connectivity index (χ1) is 18.7. The highest BCUT2D eigenvalue weighted by molar-refractivity contribution is 9.10. The molecule has 3 atom stereocenters. The summed E-state index contributed by atoms with van der Waals surface area (Å²) in [7, 11) is 0. The molecule has 0 spiro atoms. The second kappa shape index (κ2) is 9.47. The van der Waals surface area contributed by atoms with Gasteiger partial charge in [0.2, 0.25) is 0 Å². The number of ether oxygens (including phenoxy) is 2. The molecule has 0 radical (unpaired) electrons. The Hall–Kier alpha value is -3.75. The normalized spacial score (nSPS) is 20.9. The fraction of sp³-hybridized carbons (Fsp3) is 0.200.